The van der Waals surface area contributed by atoms with Crippen LogP contribution >= 0.6 is 0 Å². The quantitative estimate of drug-likeness (QED) is 0.169. The molecule has 0 amide bonds. The van der Waals surface area contributed by atoms with Gasteiger partial charge in [0.25, 0.3) is 0 Å². The molecule has 0 radical (unpaired) electrons. The van der Waals surface area contributed by atoms with E-state index in [1.165, 1.54) is 55.3 Å². The Labute approximate surface area is 332 Å². The summed E-state index contributed by atoms with van der Waals surface area (Å²) in [7, 11) is 0. The molecule has 11 rings (SSSR count). The SMILES string of the molecule is CC1(C)c2ccccc2-c2ccc(N(c3ccc(-c4ccccc4)cc3)c3ccc4c(c3)oc3c(-c5ccc(-c6ccccc6)cc5)c5ccccc5cc34)cc21. The Morgan fingerprint density at radius 3 is 1.67 bits per heavy atom. The van der Waals surface area contributed by atoms with Gasteiger partial charge in [-0.2, -0.15) is 0 Å². The van der Waals surface area contributed by atoms with Gasteiger partial charge in [-0.25, -0.2) is 0 Å². The smallest absolute Gasteiger partial charge is 0.143 e. The molecule has 0 unspecified atom stereocenters. The highest BCUT2D eigenvalue weighted by atomic mass is 16.3. The van der Waals surface area contributed by atoms with E-state index < -0.39 is 0 Å². The predicted molar refractivity (Wildman–Crippen MR) is 240 cm³/mol. The van der Waals surface area contributed by atoms with Crippen molar-refractivity contribution in [3.05, 3.63) is 211 Å². The molecular weight excluding hydrogens is 691 g/mol. The third-order valence-electron chi connectivity index (χ3n) is 12.1. The molecule has 0 N–H and O–H groups in total. The molecule has 0 saturated carbocycles. The lowest BCUT2D eigenvalue weighted by molar-refractivity contribution is 0.660. The van der Waals surface area contributed by atoms with Gasteiger partial charge >= 0.3 is 0 Å². The fourth-order valence-corrected chi connectivity index (χ4v) is 9.16. The second kappa shape index (κ2) is 13.0. The van der Waals surface area contributed by atoms with Gasteiger partial charge in [0.05, 0.1) is 0 Å². The van der Waals surface area contributed by atoms with Crippen LogP contribution < -0.4 is 4.90 Å². The molecule has 0 fully saturated rings. The molecule has 0 saturated heterocycles. The van der Waals surface area contributed by atoms with Crippen LogP contribution in [0.1, 0.15) is 25.0 Å². The number of anilines is 3. The normalized spacial score (nSPS) is 12.9. The molecule has 10 aromatic rings. The maximum atomic E-state index is 7.02. The van der Waals surface area contributed by atoms with Crippen molar-refractivity contribution in [1.29, 1.82) is 0 Å². The van der Waals surface area contributed by atoms with E-state index in [-0.39, 0.29) is 5.41 Å². The van der Waals surface area contributed by atoms with Crippen molar-refractivity contribution in [2.24, 2.45) is 0 Å². The average Bonchev–Trinajstić information content (AvgIpc) is 3.74. The number of hydrogen-bond acceptors (Lipinski definition) is 2. The molecule has 57 heavy (non-hydrogen) atoms. The van der Waals surface area contributed by atoms with Gasteiger partial charge in [-0.15, -0.1) is 0 Å². The molecule has 0 bridgehead atoms. The molecule has 1 aliphatic rings. The third kappa shape index (κ3) is 5.40. The van der Waals surface area contributed by atoms with Crippen molar-refractivity contribution in [1.82, 2.24) is 0 Å². The van der Waals surface area contributed by atoms with Crippen molar-refractivity contribution in [3.63, 3.8) is 0 Å². The minimum Gasteiger partial charge on any atom is -0.455 e. The molecule has 0 aliphatic heterocycles. The molecule has 2 heteroatoms. The van der Waals surface area contributed by atoms with Crippen LogP contribution in [0, 0.1) is 0 Å². The van der Waals surface area contributed by atoms with Crippen LogP contribution in [0.5, 0.6) is 0 Å². The Morgan fingerprint density at radius 2 is 0.930 bits per heavy atom. The molecular formula is C55H39NO. The van der Waals surface area contributed by atoms with E-state index in [2.05, 4.69) is 219 Å². The van der Waals surface area contributed by atoms with Gasteiger partial charge in [0.2, 0.25) is 0 Å². The first-order valence-electron chi connectivity index (χ1n) is 19.8. The zero-order valence-corrected chi connectivity index (χ0v) is 31.9. The Morgan fingerprint density at radius 1 is 0.386 bits per heavy atom. The van der Waals surface area contributed by atoms with Crippen LogP contribution in [0.25, 0.3) is 77.2 Å². The minimum absolute atomic E-state index is 0.120. The van der Waals surface area contributed by atoms with E-state index in [0.717, 1.165) is 50.1 Å². The van der Waals surface area contributed by atoms with Crippen LogP contribution in [0.3, 0.4) is 0 Å². The highest BCUT2D eigenvalue weighted by Crippen LogP contribution is 2.51. The second-order valence-corrected chi connectivity index (χ2v) is 15.7. The fourth-order valence-electron chi connectivity index (χ4n) is 9.16. The van der Waals surface area contributed by atoms with Gasteiger partial charge in [-0.1, -0.05) is 166 Å². The number of nitrogens with zero attached hydrogens (tertiary/aromatic N) is 1. The van der Waals surface area contributed by atoms with Gasteiger partial charge in [0, 0.05) is 44.9 Å². The van der Waals surface area contributed by atoms with Gasteiger partial charge in [0.1, 0.15) is 11.2 Å². The molecule has 9 aromatic carbocycles. The standard InChI is InChI=1S/C55H39NO/c1-55(2)50-20-12-11-19-46(50)47-31-29-43(34-51(47)55)56(42-27-25-39(26-28-42)37-15-7-4-8-16-37)44-30-32-48-49-33-41-17-9-10-18-45(41)53(54(49)57-52(48)35-44)40-23-21-38(22-24-40)36-13-5-3-6-14-36/h3-35H,1-2H3. The predicted octanol–water partition coefficient (Wildman–Crippen LogP) is 15.5. The molecule has 270 valence electrons. The van der Waals surface area contributed by atoms with E-state index in [4.69, 9.17) is 4.42 Å². The average molecular weight is 730 g/mol. The van der Waals surface area contributed by atoms with E-state index in [9.17, 15) is 0 Å². The highest BCUT2D eigenvalue weighted by Gasteiger charge is 2.35. The third-order valence-corrected chi connectivity index (χ3v) is 12.1. The summed E-state index contributed by atoms with van der Waals surface area (Å²) in [5.41, 5.74) is 17.3. The summed E-state index contributed by atoms with van der Waals surface area (Å²) < 4.78 is 7.02. The minimum atomic E-state index is -0.120. The summed E-state index contributed by atoms with van der Waals surface area (Å²) in [6.07, 6.45) is 0. The van der Waals surface area contributed by atoms with Crippen molar-refractivity contribution in [2.75, 3.05) is 4.90 Å². The number of benzene rings is 9. The lowest BCUT2D eigenvalue weighted by Gasteiger charge is -2.28. The summed E-state index contributed by atoms with van der Waals surface area (Å²) in [6, 6.07) is 72.4. The number of fused-ring (bicyclic) bond motifs is 7. The van der Waals surface area contributed by atoms with E-state index in [0.29, 0.717) is 0 Å². The van der Waals surface area contributed by atoms with Crippen molar-refractivity contribution >= 4 is 49.8 Å². The molecule has 1 heterocycles. The van der Waals surface area contributed by atoms with Gasteiger partial charge in [-0.3, -0.25) is 0 Å². The number of furan rings is 1. The van der Waals surface area contributed by atoms with Crippen LogP contribution in [0.2, 0.25) is 0 Å². The summed E-state index contributed by atoms with van der Waals surface area (Å²) in [4.78, 5) is 2.38. The van der Waals surface area contributed by atoms with Crippen LogP contribution in [-0.2, 0) is 5.41 Å². The summed E-state index contributed by atoms with van der Waals surface area (Å²) in [6.45, 7) is 4.69. The summed E-state index contributed by atoms with van der Waals surface area (Å²) >= 11 is 0. The zero-order valence-electron chi connectivity index (χ0n) is 31.9. The maximum Gasteiger partial charge on any atom is 0.143 e. The number of hydrogen-bond donors (Lipinski definition) is 0. The van der Waals surface area contributed by atoms with Crippen molar-refractivity contribution in [2.45, 2.75) is 19.3 Å². The second-order valence-electron chi connectivity index (χ2n) is 15.7. The highest BCUT2D eigenvalue weighted by molar-refractivity contribution is 6.18. The molecule has 1 aromatic heterocycles. The van der Waals surface area contributed by atoms with Gasteiger partial charge in [0.15, 0.2) is 0 Å². The van der Waals surface area contributed by atoms with E-state index in [1.54, 1.807) is 0 Å². The Bertz CT molecular complexity index is 3120. The first-order chi connectivity index (χ1) is 28.0. The maximum absolute atomic E-state index is 7.02. The van der Waals surface area contributed by atoms with Gasteiger partial charge in [-0.05, 0) is 103 Å². The fraction of sp³-hybridized carbons (Fsp3) is 0.0545. The van der Waals surface area contributed by atoms with Crippen molar-refractivity contribution < 1.29 is 4.42 Å². The van der Waals surface area contributed by atoms with Gasteiger partial charge < -0.3 is 9.32 Å². The molecule has 1 aliphatic carbocycles. The Kier molecular flexibility index (Phi) is 7.55. The molecule has 0 atom stereocenters. The van der Waals surface area contributed by atoms with E-state index >= 15 is 0 Å². The van der Waals surface area contributed by atoms with Crippen LogP contribution in [0.4, 0.5) is 17.1 Å². The number of rotatable bonds is 6. The largest absolute Gasteiger partial charge is 0.455 e. The topological polar surface area (TPSA) is 16.4 Å². The first kappa shape index (κ1) is 33.2. The Balaban J connectivity index is 1.08. The summed E-state index contributed by atoms with van der Waals surface area (Å²) in [5.74, 6) is 0. The van der Waals surface area contributed by atoms with Crippen molar-refractivity contribution in [3.8, 4) is 44.5 Å². The molecule has 0 spiro atoms. The Hall–Kier alpha value is -7.16. The zero-order chi connectivity index (χ0) is 38.1. The molecule has 2 nitrogen and oxygen atoms in total. The van der Waals surface area contributed by atoms with Crippen LogP contribution in [0.15, 0.2) is 205 Å². The lowest BCUT2D eigenvalue weighted by atomic mass is 9.82. The first-order valence-corrected chi connectivity index (χ1v) is 19.8. The lowest BCUT2D eigenvalue weighted by Crippen LogP contribution is -2.16. The van der Waals surface area contributed by atoms with E-state index in [1.807, 2.05) is 0 Å². The summed E-state index contributed by atoms with van der Waals surface area (Å²) in [5, 5.41) is 4.60. The van der Waals surface area contributed by atoms with Crippen LogP contribution in [-0.4, -0.2) is 0 Å². The monoisotopic (exact) mass is 729 g/mol.